The Morgan fingerprint density at radius 2 is 1.78 bits per heavy atom. The normalized spacial score (nSPS) is 15.3. The SMILES string of the molecule is CN(C)c1ccc(CN2CC(Oc3ccc(F)cc3F)C2)cc1. The molecular formula is C18H20F2N2O. The maximum atomic E-state index is 13.5. The van der Waals surface area contributed by atoms with Crippen LogP contribution in [0.4, 0.5) is 14.5 Å². The van der Waals surface area contributed by atoms with Crippen LogP contribution in [0.15, 0.2) is 42.5 Å². The van der Waals surface area contributed by atoms with Crippen LogP contribution in [0.25, 0.3) is 0 Å². The van der Waals surface area contributed by atoms with Crippen molar-refractivity contribution in [3.63, 3.8) is 0 Å². The van der Waals surface area contributed by atoms with E-state index in [2.05, 4.69) is 34.1 Å². The fourth-order valence-corrected chi connectivity index (χ4v) is 2.63. The van der Waals surface area contributed by atoms with Crippen molar-refractivity contribution >= 4 is 5.69 Å². The number of anilines is 1. The van der Waals surface area contributed by atoms with Gasteiger partial charge in [-0.1, -0.05) is 12.1 Å². The maximum absolute atomic E-state index is 13.5. The van der Waals surface area contributed by atoms with Crippen molar-refractivity contribution in [2.75, 3.05) is 32.1 Å². The summed E-state index contributed by atoms with van der Waals surface area (Å²) in [7, 11) is 4.03. The van der Waals surface area contributed by atoms with Crippen LogP contribution in [0.1, 0.15) is 5.56 Å². The van der Waals surface area contributed by atoms with E-state index in [9.17, 15) is 8.78 Å². The summed E-state index contributed by atoms with van der Waals surface area (Å²) >= 11 is 0. The smallest absolute Gasteiger partial charge is 0.167 e. The number of likely N-dealkylation sites (tertiary alicyclic amines) is 1. The van der Waals surface area contributed by atoms with E-state index in [-0.39, 0.29) is 11.9 Å². The average molecular weight is 318 g/mol. The molecule has 0 saturated carbocycles. The summed E-state index contributed by atoms with van der Waals surface area (Å²) in [6, 6.07) is 11.8. The van der Waals surface area contributed by atoms with E-state index in [0.717, 1.165) is 25.7 Å². The summed E-state index contributed by atoms with van der Waals surface area (Å²) in [6.07, 6.45) is -0.0454. The summed E-state index contributed by atoms with van der Waals surface area (Å²) in [5.74, 6) is -1.12. The van der Waals surface area contributed by atoms with Crippen molar-refractivity contribution in [3.05, 3.63) is 59.7 Å². The Morgan fingerprint density at radius 1 is 1.09 bits per heavy atom. The molecule has 1 saturated heterocycles. The quantitative estimate of drug-likeness (QED) is 0.841. The second-order valence-corrected chi connectivity index (χ2v) is 6.07. The lowest BCUT2D eigenvalue weighted by atomic mass is 10.1. The monoisotopic (exact) mass is 318 g/mol. The lowest BCUT2D eigenvalue weighted by Crippen LogP contribution is -2.53. The molecule has 3 rings (SSSR count). The van der Waals surface area contributed by atoms with Crippen LogP contribution in [-0.4, -0.2) is 38.2 Å². The van der Waals surface area contributed by atoms with Crippen molar-refractivity contribution in [1.29, 1.82) is 0 Å². The van der Waals surface area contributed by atoms with Crippen molar-refractivity contribution in [2.24, 2.45) is 0 Å². The molecule has 0 radical (unpaired) electrons. The minimum atomic E-state index is -0.650. The molecule has 0 aliphatic carbocycles. The first-order valence-electron chi connectivity index (χ1n) is 7.61. The van der Waals surface area contributed by atoms with Gasteiger partial charge in [-0.05, 0) is 29.8 Å². The topological polar surface area (TPSA) is 15.7 Å². The van der Waals surface area contributed by atoms with Gasteiger partial charge in [0.2, 0.25) is 0 Å². The lowest BCUT2D eigenvalue weighted by Gasteiger charge is -2.39. The molecule has 1 aliphatic heterocycles. The first kappa shape index (κ1) is 15.7. The second-order valence-electron chi connectivity index (χ2n) is 6.07. The van der Waals surface area contributed by atoms with Gasteiger partial charge in [0.15, 0.2) is 11.6 Å². The van der Waals surface area contributed by atoms with E-state index >= 15 is 0 Å². The summed E-state index contributed by atoms with van der Waals surface area (Å²) < 4.78 is 32.0. The van der Waals surface area contributed by atoms with Crippen molar-refractivity contribution < 1.29 is 13.5 Å². The third-order valence-electron chi connectivity index (χ3n) is 3.97. The van der Waals surface area contributed by atoms with E-state index in [1.165, 1.54) is 23.4 Å². The maximum Gasteiger partial charge on any atom is 0.167 e. The number of hydrogen-bond donors (Lipinski definition) is 0. The molecule has 122 valence electrons. The molecule has 1 aliphatic rings. The largest absolute Gasteiger partial charge is 0.485 e. The van der Waals surface area contributed by atoms with Crippen molar-refractivity contribution in [3.8, 4) is 5.75 Å². The summed E-state index contributed by atoms with van der Waals surface area (Å²) in [5, 5.41) is 0. The molecule has 0 atom stereocenters. The third kappa shape index (κ3) is 3.79. The summed E-state index contributed by atoms with van der Waals surface area (Å²) in [5.41, 5.74) is 2.41. The number of halogens is 2. The predicted octanol–water partition coefficient (Wildman–Crippen LogP) is 3.29. The van der Waals surface area contributed by atoms with Gasteiger partial charge in [0, 0.05) is 45.5 Å². The molecule has 2 aromatic rings. The van der Waals surface area contributed by atoms with Crippen LogP contribution >= 0.6 is 0 Å². The number of nitrogens with zero attached hydrogens (tertiary/aromatic N) is 2. The molecular weight excluding hydrogens is 298 g/mol. The Hall–Kier alpha value is -2.14. The van der Waals surface area contributed by atoms with E-state index in [1.54, 1.807) is 0 Å². The Kier molecular flexibility index (Phi) is 4.48. The van der Waals surface area contributed by atoms with Gasteiger partial charge in [-0.2, -0.15) is 0 Å². The van der Waals surface area contributed by atoms with Crippen LogP contribution in [0.2, 0.25) is 0 Å². The van der Waals surface area contributed by atoms with Gasteiger partial charge in [-0.3, -0.25) is 4.90 Å². The Morgan fingerprint density at radius 3 is 2.39 bits per heavy atom. The number of benzene rings is 2. The number of rotatable bonds is 5. The van der Waals surface area contributed by atoms with Crippen LogP contribution in [0, 0.1) is 11.6 Å². The predicted molar refractivity (Wildman–Crippen MR) is 86.8 cm³/mol. The van der Waals surface area contributed by atoms with E-state index < -0.39 is 11.6 Å². The Balaban J connectivity index is 1.49. The van der Waals surface area contributed by atoms with Gasteiger partial charge in [0.1, 0.15) is 11.9 Å². The third-order valence-corrected chi connectivity index (χ3v) is 3.97. The molecule has 0 bridgehead atoms. The van der Waals surface area contributed by atoms with Crippen LogP contribution in [-0.2, 0) is 6.54 Å². The first-order chi connectivity index (χ1) is 11.0. The minimum Gasteiger partial charge on any atom is -0.485 e. The highest BCUT2D eigenvalue weighted by atomic mass is 19.1. The molecule has 23 heavy (non-hydrogen) atoms. The van der Waals surface area contributed by atoms with Gasteiger partial charge in [-0.15, -0.1) is 0 Å². The molecule has 0 unspecified atom stereocenters. The van der Waals surface area contributed by atoms with E-state index in [1.807, 2.05) is 14.1 Å². The summed E-state index contributed by atoms with van der Waals surface area (Å²) in [6.45, 7) is 2.33. The fraction of sp³-hybridized carbons (Fsp3) is 0.333. The Bertz CT molecular complexity index is 667. The molecule has 0 spiro atoms. The number of ether oxygens (including phenoxy) is 1. The van der Waals surface area contributed by atoms with Gasteiger partial charge in [0.25, 0.3) is 0 Å². The molecule has 1 fully saturated rings. The second kappa shape index (κ2) is 6.54. The molecule has 0 amide bonds. The van der Waals surface area contributed by atoms with E-state index in [4.69, 9.17) is 4.74 Å². The Labute approximate surface area is 135 Å². The highest BCUT2D eigenvalue weighted by molar-refractivity contribution is 5.46. The molecule has 2 aromatic carbocycles. The molecule has 0 N–H and O–H groups in total. The highest BCUT2D eigenvalue weighted by Gasteiger charge is 2.29. The zero-order chi connectivity index (χ0) is 16.4. The molecule has 1 heterocycles. The van der Waals surface area contributed by atoms with Crippen LogP contribution < -0.4 is 9.64 Å². The van der Waals surface area contributed by atoms with Gasteiger partial charge in [-0.25, -0.2) is 8.78 Å². The van der Waals surface area contributed by atoms with Crippen LogP contribution in [0.3, 0.4) is 0 Å². The van der Waals surface area contributed by atoms with Crippen LogP contribution in [0.5, 0.6) is 5.75 Å². The van der Waals surface area contributed by atoms with Gasteiger partial charge >= 0.3 is 0 Å². The standard InChI is InChI=1S/C18H20F2N2O/c1-21(2)15-6-3-13(4-7-15)10-22-11-16(12-22)23-18-8-5-14(19)9-17(18)20/h3-9,16H,10-12H2,1-2H3. The van der Waals surface area contributed by atoms with Crippen molar-refractivity contribution in [2.45, 2.75) is 12.6 Å². The number of hydrogen-bond acceptors (Lipinski definition) is 3. The van der Waals surface area contributed by atoms with E-state index in [0.29, 0.717) is 0 Å². The first-order valence-corrected chi connectivity index (χ1v) is 7.61. The minimum absolute atomic E-state index is 0.0454. The zero-order valence-corrected chi connectivity index (χ0v) is 13.3. The molecule has 5 heteroatoms. The van der Waals surface area contributed by atoms with Gasteiger partial charge in [0.05, 0.1) is 0 Å². The fourth-order valence-electron chi connectivity index (χ4n) is 2.63. The van der Waals surface area contributed by atoms with Gasteiger partial charge < -0.3 is 9.64 Å². The molecule has 3 nitrogen and oxygen atoms in total. The molecule has 0 aromatic heterocycles. The average Bonchev–Trinajstić information content (AvgIpc) is 2.47. The lowest BCUT2D eigenvalue weighted by molar-refractivity contribution is 0.0123. The van der Waals surface area contributed by atoms with Crippen molar-refractivity contribution in [1.82, 2.24) is 4.90 Å². The summed E-state index contributed by atoms with van der Waals surface area (Å²) in [4.78, 5) is 4.30. The zero-order valence-electron chi connectivity index (χ0n) is 13.3. The highest BCUT2D eigenvalue weighted by Crippen LogP contribution is 2.23.